The molecule has 3 nitrogen and oxygen atoms in total. The van der Waals surface area contributed by atoms with E-state index < -0.39 is 9.84 Å². The van der Waals surface area contributed by atoms with Gasteiger partial charge in [0.2, 0.25) is 0 Å². The van der Waals surface area contributed by atoms with E-state index in [1.165, 1.54) is 44.8 Å². The predicted octanol–water partition coefficient (Wildman–Crippen LogP) is 2.23. The maximum atomic E-state index is 11.2. The van der Waals surface area contributed by atoms with Crippen molar-refractivity contribution >= 4 is 22.5 Å². The largest absolute Gasteiger partial charge is 0.305 e. The van der Waals surface area contributed by atoms with Crippen LogP contribution in [0, 0.1) is 5.41 Å². The molecule has 1 aliphatic rings. The van der Waals surface area contributed by atoms with E-state index in [2.05, 4.69) is 17.5 Å². The van der Waals surface area contributed by atoms with Gasteiger partial charge in [-0.1, -0.05) is 25.7 Å². The summed E-state index contributed by atoms with van der Waals surface area (Å²) in [6.07, 6.45) is 9.03. The standard InChI is InChI=1S/C13H27NO2S2/c1-14(9-10-18(2,15)16)11-13(12-17)7-5-3-4-6-8-13/h17H,3-12H2,1-2H3. The molecule has 1 saturated carbocycles. The van der Waals surface area contributed by atoms with Crippen LogP contribution in [0.4, 0.5) is 0 Å². The van der Waals surface area contributed by atoms with Crippen molar-refractivity contribution in [1.82, 2.24) is 4.90 Å². The van der Waals surface area contributed by atoms with Crippen molar-refractivity contribution in [2.75, 3.05) is 37.9 Å². The number of nitrogens with zero attached hydrogens (tertiary/aromatic N) is 1. The van der Waals surface area contributed by atoms with E-state index in [0.29, 0.717) is 12.0 Å². The van der Waals surface area contributed by atoms with E-state index in [1.807, 2.05) is 7.05 Å². The lowest BCUT2D eigenvalue weighted by Gasteiger charge is -2.35. The van der Waals surface area contributed by atoms with Crippen molar-refractivity contribution in [2.45, 2.75) is 38.5 Å². The maximum Gasteiger partial charge on any atom is 0.148 e. The third kappa shape index (κ3) is 5.93. The average molecular weight is 293 g/mol. The lowest BCUT2D eigenvalue weighted by Crippen LogP contribution is -2.38. The van der Waals surface area contributed by atoms with Crippen LogP contribution in [-0.2, 0) is 9.84 Å². The van der Waals surface area contributed by atoms with Crippen molar-refractivity contribution in [2.24, 2.45) is 5.41 Å². The minimum Gasteiger partial charge on any atom is -0.305 e. The van der Waals surface area contributed by atoms with E-state index in [0.717, 1.165) is 12.3 Å². The van der Waals surface area contributed by atoms with E-state index in [9.17, 15) is 8.42 Å². The highest BCUT2D eigenvalue weighted by molar-refractivity contribution is 7.90. The average Bonchev–Trinajstić information content (AvgIpc) is 2.52. The lowest BCUT2D eigenvalue weighted by atomic mass is 9.82. The first-order valence-electron chi connectivity index (χ1n) is 6.84. The molecule has 0 spiro atoms. The molecule has 18 heavy (non-hydrogen) atoms. The Balaban J connectivity index is 2.50. The van der Waals surface area contributed by atoms with E-state index in [1.54, 1.807) is 0 Å². The Morgan fingerprint density at radius 2 is 1.72 bits per heavy atom. The Hall–Kier alpha value is 0.260. The summed E-state index contributed by atoms with van der Waals surface area (Å²) in [5.41, 5.74) is 0.297. The first-order valence-corrected chi connectivity index (χ1v) is 9.53. The summed E-state index contributed by atoms with van der Waals surface area (Å²) in [6, 6.07) is 0. The second kappa shape index (κ2) is 7.15. The first-order chi connectivity index (χ1) is 8.37. The molecule has 0 heterocycles. The van der Waals surface area contributed by atoms with Gasteiger partial charge >= 0.3 is 0 Å². The van der Waals surface area contributed by atoms with Crippen molar-refractivity contribution in [3.05, 3.63) is 0 Å². The molecule has 1 rings (SSSR count). The fourth-order valence-electron chi connectivity index (χ4n) is 2.82. The van der Waals surface area contributed by atoms with Crippen LogP contribution in [0.5, 0.6) is 0 Å². The van der Waals surface area contributed by atoms with Gasteiger partial charge in [0.15, 0.2) is 0 Å². The zero-order chi connectivity index (χ0) is 13.6. The molecule has 0 aromatic carbocycles. The van der Waals surface area contributed by atoms with Crippen molar-refractivity contribution < 1.29 is 8.42 Å². The number of sulfone groups is 1. The summed E-state index contributed by atoms with van der Waals surface area (Å²) in [7, 11) is -0.825. The van der Waals surface area contributed by atoms with Gasteiger partial charge in [0.05, 0.1) is 5.75 Å². The molecule has 0 saturated heterocycles. The van der Waals surface area contributed by atoms with Crippen LogP contribution in [0.25, 0.3) is 0 Å². The molecular formula is C13H27NO2S2. The van der Waals surface area contributed by atoms with Crippen LogP contribution >= 0.6 is 12.6 Å². The molecule has 1 aliphatic carbocycles. The van der Waals surface area contributed by atoms with Gasteiger partial charge in [0, 0.05) is 19.3 Å². The summed E-state index contributed by atoms with van der Waals surface area (Å²) < 4.78 is 22.4. The molecule has 0 atom stereocenters. The van der Waals surface area contributed by atoms with Gasteiger partial charge in [-0.05, 0) is 31.1 Å². The number of hydrogen-bond acceptors (Lipinski definition) is 4. The monoisotopic (exact) mass is 293 g/mol. The molecule has 0 aliphatic heterocycles. The Morgan fingerprint density at radius 1 is 1.17 bits per heavy atom. The van der Waals surface area contributed by atoms with Gasteiger partial charge in [0.1, 0.15) is 9.84 Å². The molecule has 0 amide bonds. The smallest absolute Gasteiger partial charge is 0.148 e. The second-order valence-electron chi connectivity index (χ2n) is 5.94. The highest BCUT2D eigenvalue weighted by atomic mass is 32.2. The van der Waals surface area contributed by atoms with Crippen LogP contribution in [0.1, 0.15) is 38.5 Å². The van der Waals surface area contributed by atoms with Gasteiger partial charge in [-0.3, -0.25) is 0 Å². The molecular weight excluding hydrogens is 266 g/mol. The van der Waals surface area contributed by atoms with Gasteiger partial charge in [0.25, 0.3) is 0 Å². The Kier molecular flexibility index (Phi) is 6.48. The van der Waals surface area contributed by atoms with E-state index >= 15 is 0 Å². The first kappa shape index (κ1) is 16.3. The summed E-state index contributed by atoms with van der Waals surface area (Å²) >= 11 is 4.55. The molecule has 0 radical (unpaired) electrons. The third-order valence-electron chi connectivity index (χ3n) is 3.95. The molecule has 0 unspecified atom stereocenters. The summed E-state index contributed by atoms with van der Waals surface area (Å²) in [6.45, 7) is 1.61. The van der Waals surface area contributed by atoms with Crippen LogP contribution in [-0.4, -0.2) is 51.2 Å². The molecule has 108 valence electrons. The predicted molar refractivity (Wildman–Crippen MR) is 81.2 cm³/mol. The molecule has 0 aromatic rings. The molecule has 0 bridgehead atoms. The summed E-state index contributed by atoms with van der Waals surface area (Å²) in [4.78, 5) is 2.17. The highest BCUT2D eigenvalue weighted by Gasteiger charge is 2.30. The minimum atomic E-state index is -2.85. The van der Waals surface area contributed by atoms with Gasteiger partial charge in [-0.15, -0.1) is 0 Å². The zero-order valence-electron chi connectivity index (χ0n) is 11.7. The van der Waals surface area contributed by atoms with E-state index in [4.69, 9.17) is 0 Å². The fraction of sp³-hybridized carbons (Fsp3) is 1.00. The summed E-state index contributed by atoms with van der Waals surface area (Å²) in [5, 5.41) is 0. The molecule has 5 heteroatoms. The quantitative estimate of drug-likeness (QED) is 0.603. The maximum absolute atomic E-state index is 11.2. The molecule has 0 N–H and O–H groups in total. The topological polar surface area (TPSA) is 37.4 Å². The zero-order valence-corrected chi connectivity index (χ0v) is 13.4. The van der Waals surface area contributed by atoms with Crippen LogP contribution in [0.3, 0.4) is 0 Å². The lowest BCUT2D eigenvalue weighted by molar-refractivity contribution is 0.181. The molecule has 1 fully saturated rings. The number of hydrogen-bond donors (Lipinski definition) is 1. The van der Waals surface area contributed by atoms with Crippen LogP contribution < -0.4 is 0 Å². The third-order valence-corrected chi connectivity index (χ3v) is 5.54. The van der Waals surface area contributed by atoms with Gasteiger partial charge in [-0.25, -0.2) is 8.42 Å². The van der Waals surface area contributed by atoms with Gasteiger partial charge < -0.3 is 4.90 Å². The Labute approximate surface area is 118 Å². The number of rotatable bonds is 6. The number of thiol groups is 1. The second-order valence-corrected chi connectivity index (χ2v) is 8.52. The Bertz CT molecular complexity index is 333. The molecule has 0 aromatic heterocycles. The summed E-state index contributed by atoms with van der Waals surface area (Å²) in [5.74, 6) is 1.17. The normalized spacial score (nSPS) is 20.9. The van der Waals surface area contributed by atoms with Crippen molar-refractivity contribution in [3.8, 4) is 0 Å². The minimum absolute atomic E-state index is 0.256. The van der Waals surface area contributed by atoms with Crippen LogP contribution in [0.2, 0.25) is 0 Å². The van der Waals surface area contributed by atoms with Gasteiger partial charge in [-0.2, -0.15) is 12.6 Å². The van der Waals surface area contributed by atoms with E-state index in [-0.39, 0.29) is 5.75 Å². The Morgan fingerprint density at radius 3 is 2.17 bits per heavy atom. The SMILES string of the molecule is CN(CCS(C)(=O)=O)CC1(CS)CCCCCC1. The van der Waals surface area contributed by atoms with Crippen molar-refractivity contribution in [3.63, 3.8) is 0 Å². The van der Waals surface area contributed by atoms with Crippen LogP contribution in [0.15, 0.2) is 0 Å². The van der Waals surface area contributed by atoms with Crippen molar-refractivity contribution in [1.29, 1.82) is 0 Å². The fourth-order valence-corrected chi connectivity index (χ4v) is 3.88. The highest BCUT2D eigenvalue weighted by Crippen LogP contribution is 2.36.